The lowest BCUT2D eigenvalue weighted by Crippen LogP contribution is -2.50. The molecule has 0 aromatic rings. The zero-order chi connectivity index (χ0) is 15.5. The largest absolute Gasteiger partial charge is 0.428 e. The highest BCUT2D eigenvalue weighted by atomic mass is 32.1. The van der Waals surface area contributed by atoms with Gasteiger partial charge in [-0.05, 0) is 0 Å². The summed E-state index contributed by atoms with van der Waals surface area (Å²) >= 11 is 3.90. The topological polar surface area (TPSA) is 166 Å². The van der Waals surface area contributed by atoms with Gasteiger partial charge in [0.25, 0.3) is 0 Å². The molecule has 0 aliphatic carbocycles. The van der Waals surface area contributed by atoms with Crippen molar-refractivity contribution in [3.8, 4) is 0 Å². The van der Waals surface area contributed by atoms with Crippen molar-refractivity contribution < 1.29 is 23.9 Å². The molecule has 7 N–H and O–H groups in total. The van der Waals surface area contributed by atoms with Gasteiger partial charge in [0.1, 0.15) is 6.04 Å². The predicted octanol–water partition coefficient (Wildman–Crippen LogP) is -3.36. The number of amides is 4. The van der Waals surface area contributed by atoms with Gasteiger partial charge in [-0.3, -0.25) is 14.4 Å². The number of hydrogen-bond donors (Lipinski definition) is 6. The molecule has 0 aliphatic heterocycles. The fourth-order valence-electron chi connectivity index (χ4n) is 0.954. The summed E-state index contributed by atoms with van der Waals surface area (Å²) in [6.07, 6.45) is -0.919. The van der Waals surface area contributed by atoms with Crippen LogP contribution in [-0.4, -0.2) is 55.4 Å². The second-order valence-electron chi connectivity index (χ2n) is 3.44. The minimum absolute atomic E-state index is 0.0471. The van der Waals surface area contributed by atoms with Crippen LogP contribution in [0.3, 0.4) is 0 Å². The van der Waals surface area contributed by atoms with Crippen LogP contribution in [-0.2, 0) is 19.1 Å². The summed E-state index contributed by atoms with van der Waals surface area (Å²) < 4.78 is 4.54. The number of rotatable bonds is 8. The van der Waals surface area contributed by atoms with Crippen LogP contribution in [0.1, 0.15) is 0 Å². The molecule has 10 nitrogen and oxygen atoms in total. The molecule has 0 heterocycles. The molecule has 114 valence electrons. The van der Waals surface area contributed by atoms with Gasteiger partial charge in [0.05, 0.1) is 13.1 Å². The molecule has 1 unspecified atom stereocenters. The predicted molar refractivity (Wildman–Crippen MR) is 71.5 cm³/mol. The van der Waals surface area contributed by atoms with Gasteiger partial charge >= 0.3 is 6.09 Å². The van der Waals surface area contributed by atoms with Gasteiger partial charge in [0, 0.05) is 5.75 Å². The molecule has 0 saturated heterocycles. The van der Waals surface area contributed by atoms with Gasteiger partial charge in [-0.15, -0.1) is 0 Å². The number of nitrogens with one attached hydrogen (secondary N) is 3. The molecule has 0 bridgehead atoms. The number of nitrogens with two attached hydrogens (primary N) is 2. The van der Waals surface area contributed by atoms with Crippen LogP contribution in [0.25, 0.3) is 0 Å². The average molecular weight is 307 g/mol. The first-order valence-electron chi connectivity index (χ1n) is 5.47. The number of carbonyl (C=O) groups is 4. The molecule has 11 heteroatoms. The van der Waals surface area contributed by atoms with E-state index in [4.69, 9.17) is 11.5 Å². The Balaban J connectivity index is 3.98. The maximum atomic E-state index is 11.6. The lowest BCUT2D eigenvalue weighted by molar-refractivity contribution is -0.128. The lowest BCUT2D eigenvalue weighted by atomic mass is 10.3. The van der Waals surface area contributed by atoms with Crippen molar-refractivity contribution >= 4 is 36.4 Å². The van der Waals surface area contributed by atoms with E-state index in [2.05, 4.69) is 33.3 Å². The number of ether oxygens (including phenoxy) is 1. The Morgan fingerprint density at radius 3 is 2.35 bits per heavy atom. The van der Waals surface area contributed by atoms with Crippen molar-refractivity contribution in [1.29, 1.82) is 0 Å². The molecule has 0 spiro atoms. The SMILES string of the molecule is NCC(=O)NC(CS)C(=O)NCOC(=O)NCC(N)=O. The first-order chi connectivity index (χ1) is 9.40. The number of primary amides is 1. The van der Waals surface area contributed by atoms with Crippen molar-refractivity contribution in [1.82, 2.24) is 16.0 Å². The molecule has 0 aliphatic rings. The van der Waals surface area contributed by atoms with Gasteiger partial charge in [-0.2, -0.15) is 12.6 Å². The fourth-order valence-corrected chi connectivity index (χ4v) is 1.21. The molecule has 0 rings (SSSR count). The summed E-state index contributed by atoms with van der Waals surface area (Å²) in [5, 5.41) is 6.62. The van der Waals surface area contributed by atoms with Gasteiger partial charge in [0.15, 0.2) is 6.73 Å². The molecule has 0 aromatic carbocycles. The molecule has 1 atom stereocenters. The Labute approximate surface area is 120 Å². The van der Waals surface area contributed by atoms with Crippen LogP contribution in [0.15, 0.2) is 0 Å². The first kappa shape index (κ1) is 18.0. The molecular weight excluding hydrogens is 290 g/mol. The normalized spacial score (nSPS) is 11.1. The maximum Gasteiger partial charge on any atom is 0.409 e. The van der Waals surface area contributed by atoms with Crippen molar-refractivity contribution in [2.75, 3.05) is 25.6 Å². The van der Waals surface area contributed by atoms with Crippen LogP contribution < -0.4 is 27.4 Å². The van der Waals surface area contributed by atoms with E-state index in [0.717, 1.165) is 0 Å². The van der Waals surface area contributed by atoms with E-state index in [-0.39, 0.29) is 18.8 Å². The van der Waals surface area contributed by atoms with E-state index in [1.807, 2.05) is 0 Å². The summed E-state index contributed by atoms with van der Waals surface area (Å²) in [5.74, 6) is -1.79. The van der Waals surface area contributed by atoms with Gasteiger partial charge in [-0.25, -0.2) is 4.79 Å². The van der Waals surface area contributed by atoms with Crippen molar-refractivity contribution in [2.24, 2.45) is 11.5 Å². The summed E-state index contributed by atoms with van der Waals surface area (Å²) in [7, 11) is 0. The number of alkyl carbamates (subject to hydrolysis) is 1. The summed E-state index contributed by atoms with van der Waals surface area (Å²) in [5.41, 5.74) is 9.89. The fraction of sp³-hybridized carbons (Fsp3) is 0.556. The monoisotopic (exact) mass is 307 g/mol. The Morgan fingerprint density at radius 2 is 1.85 bits per heavy atom. The van der Waals surface area contributed by atoms with E-state index in [1.54, 1.807) is 0 Å². The van der Waals surface area contributed by atoms with Gasteiger partial charge < -0.3 is 32.2 Å². The summed E-state index contributed by atoms with van der Waals surface area (Å²) in [6, 6.07) is -0.897. The van der Waals surface area contributed by atoms with Crippen LogP contribution in [0, 0.1) is 0 Å². The van der Waals surface area contributed by atoms with Crippen LogP contribution in [0.5, 0.6) is 0 Å². The van der Waals surface area contributed by atoms with Crippen LogP contribution in [0.4, 0.5) is 4.79 Å². The van der Waals surface area contributed by atoms with E-state index in [1.165, 1.54) is 0 Å². The van der Waals surface area contributed by atoms with Crippen molar-refractivity contribution in [3.05, 3.63) is 0 Å². The number of hydrogen-bond acceptors (Lipinski definition) is 7. The molecule has 0 radical (unpaired) electrons. The van der Waals surface area contributed by atoms with Gasteiger partial charge in [0.2, 0.25) is 17.7 Å². The summed E-state index contributed by atoms with van der Waals surface area (Å²) in [6.45, 7) is -1.08. The average Bonchev–Trinajstić information content (AvgIpc) is 2.41. The van der Waals surface area contributed by atoms with E-state index >= 15 is 0 Å². The van der Waals surface area contributed by atoms with E-state index in [0.29, 0.717) is 0 Å². The molecule has 0 aromatic heterocycles. The standard InChI is InChI=1S/C9H17N5O5S/c10-1-7(16)14-5(3-20)8(17)13-4-19-9(18)12-2-6(11)15/h5,20H,1-4,10H2,(H2,11,15)(H,12,18)(H,13,17)(H,14,16). The molecule has 20 heavy (non-hydrogen) atoms. The third-order valence-electron chi connectivity index (χ3n) is 1.88. The van der Waals surface area contributed by atoms with E-state index in [9.17, 15) is 19.2 Å². The Kier molecular flexibility index (Phi) is 8.87. The highest BCUT2D eigenvalue weighted by Gasteiger charge is 2.18. The second-order valence-corrected chi connectivity index (χ2v) is 3.81. The van der Waals surface area contributed by atoms with Gasteiger partial charge in [-0.1, -0.05) is 0 Å². The first-order valence-corrected chi connectivity index (χ1v) is 6.10. The zero-order valence-electron chi connectivity index (χ0n) is 10.5. The molecule has 0 fully saturated rings. The van der Waals surface area contributed by atoms with Crippen LogP contribution in [0.2, 0.25) is 0 Å². The number of carbonyl (C=O) groups excluding carboxylic acids is 4. The number of thiol groups is 1. The zero-order valence-corrected chi connectivity index (χ0v) is 11.4. The highest BCUT2D eigenvalue weighted by Crippen LogP contribution is 1.89. The minimum atomic E-state index is -0.919. The summed E-state index contributed by atoms with van der Waals surface area (Å²) in [4.78, 5) is 44.0. The minimum Gasteiger partial charge on any atom is -0.428 e. The molecule has 0 saturated carbocycles. The maximum absolute atomic E-state index is 11.6. The molecular formula is C9H17N5O5S. The highest BCUT2D eigenvalue weighted by molar-refractivity contribution is 7.80. The van der Waals surface area contributed by atoms with E-state index < -0.39 is 36.6 Å². The van der Waals surface area contributed by atoms with Crippen molar-refractivity contribution in [2.45, 2.75) is 6.04 Å². The quantitative estimate of drug-likeness (QED) is 0.202. The smallest absolute Gasteiger partial charge is 0.409 e. The second kappa shape index (κ2) is 9.86. The van der Waals surface area contributed by atoms with Crippen LogP contribution >= 0.6 is 12.6 Å². The Morgan fingerprint density at radius 1 is 1.20 bits per heavy atom. The Hall–Kier alpha value is -2.01. The molecule has 4 amide bonds. The lowest BCUT2D eigenvalue weighted by Gasteiger charge is -2.15. The third-order valence-corrected chi connectivity index (χ3v) is 2.24. The Bertz CT molecular complexity index is 378. The van der Waals surface area contributed by atoms with Crippen molar-refractivity contribution in [3.63, 3.8) is 0 Å². The third kappa shape index (κ3) is 8.16.